The van der Waals surface area contributed by atoms with Crippen LogP contribution in [0.3, 0.4) is 0 Å². The van der Waals surface area contributed by atoms with Gasteiger partial charge in [0.15, 0.2) is 0 Å². The summed E-state index contributed by atoms with van der Waals surface area (Å²) in [5, 5.41) is 3.80. The van der Waals surface area contributed by atoms with Crippen LogP contribution in [-0.2, 0) is 11.3 Å². The largest absolute Gasteiger partial charge is 0.332 e. The molecular weight excluding hydrogens is 232 g/mol. The molecule has 1 aromatic heterocycles. The van der Waals surface area contributed by atoms with Gasteiger partial charge in [-0.3, -0.25) is 10.1 Å². The number of aromatic nitrogens is 2. The minimum atomic E-state index is -0.746. The second kappa shape index (κ2) is 6.02. The van der Waals surface area contributed by atoms with Gasteiger partial charge >= 0.3 is 6.03 Å². The number of hydrogen-bond acceptors (Lipinski definition) is 4. The van der Waals surface area contributed by atoms with Crippen molar-refractivity contribution in [3.63, 3.8) is 0 Å². The van der Waals surface area contributed by atoms with Crippen LogP contribution in [0.4, 0.5) is 4.79 Å². The van der Waals surface area contributed by atoms with Crippen molar-refractivity contribution in [2.45, 2.75) is 18.8 Å². The van der Waals surface area contributed by atoms with Crippen molar-refractivity contribution in [1.82, 2.24) is 20.6 Å². The molecule has 0 aliphatic carbocycles. The highest BCUT2D eigenvalue weighted by Crippen LogP contribution is 1.92. The lowest BCUT2D eigenvalue weighted by Gasteiger charge is -2.06. The zero-order valence-electron chi connectivity index (χ0n) is 8.61. The zero-order valence-corrected chi connectivity index (χ0v) is 9.36. The molecule has 0 radical (unpaired) electrons. The molecule has 0 aromatic carbocycles. The van der Waals surface area contributed by atoms with Gasteiger partial charge in [0.2, 0.25) is 5.91 Å². The lowest BCUT2D eigenvalue weighted by Crippen LogP contribution is -2.42. The van der Waals surface area contributed by atoms with Crippen molar-refractivity contribution in [2.75, 3.05) is 0 Å². The van der Waals surface area contributed by atoms with E-state index in [0.29, 0.717) is 5.69 Å². The molecule has 0 saturated carbocycles. The minimum absolute atomic E-state index is 0.221. The predicted octanol–water partition coefficient (Wildman–Crippen LogP) is 0.430. The van der Waals surface area contributed by atoms with Crippen molar-refractivity contribution in [2.24, 2.45) is 0 Å². The predicted molar refractivity (Wildman–Crippen MR) is 57.7 cm³/mol. The first-order chi connectivity index (χ1) is 7.59. The number of imide groups is 1. The fourth-order valence-electron chi connectivity index (χ4n) is 0.849. The van der Waals surface area contributed by atoms with E-state index in [1.165, 1.54) is 13.3 Å². The van der Waals surface area contributed by atoms with Gasteiger partial charge < -0.3 is 5.32 Å². The van der Waals surface area contributed by atoms with Crippen LogP contribution < -0.4 is 10.6 Å². The maximum Gasteiger partial charge on any atom is 0.321 e. The van der Waals surface area contributed by atoms with E-state index in [1.54, 1.807) is 12.3 Å². The van der Waals surface area contributed by atoms with Crippen molar-refractivity contribution < 1.29 is 9.59 Å². The first-order valence-electron chi connectivity index (χ1n) is 4.57. The van der Waals surface area contributed by atoms with Crippen LogP contribution in [0.25, 0.3) is 0 Å². The molecule has 16 heavy (non-hydrogen) atoms. The number of rotatable bonds is 3. The molecular formula is C9H11ClN4O2. The topological polar surface area (TPSA) is 84.0 Å². The quantitative estimate of drug-likeness (QED) is 0.753. The summed E-state index contributed by atoms with van der Waals surface area (Å²) in [4.78, 5) is 29.9. The van der Waals surface area contributed by atoms with Gasteiger partial charge in [-0.25, -0.2) is 14.8 Å². The third-order valence-electron chi connectivity index (χ3n) is 1.67. The van der Waals surface area contributed by atoms with Crippen LogP contribution in [-0.4, -0.2) is 27.3 Å². The number of halogens is 1. The molecule has 3 amide bonds. The molecule has 6 nitrogen and oxygen atoms in total. The number of amides is 3. The normalized spacial score (nSPS) is 11.6. The Morgan fingerprint density at radius 3 is 2.88 bits per heavy atom. The van der Waals surface area contributed by atoms with E-state index in [9.17, 15) is 9.59 Å². The standard InChI is InChI=1S/C9H11ClN4O2/c1-6(10)8(15)14-9(16)12-4-7-2-3-11-5-13-7/h2-3,5-6H,4H2,1H3,(H2,12,14,15,16). The Balaban J connectivity index is 2.34. The van der Waals surface area contributed by atoms with E-state index in [1.807, 2.05) is 0 Å². The molecule has 1 heterocycles. The fourth-order valence-corrected chi connectivity index (χ4v) is 0.904. The molecule has 1 rings (SSSR count). The minimum Gasteiger partial charge on any atom is -0.332 e. The van der Waals surface area contributed by atoms with E-state index in [0.717, 1.165) is 0 Å². The van der Waals surface area contributed by atoms with E-state index in [-0.39, 0.29) is 6.54 Å². The highest BCUT2D eigenvalue weighted by Gasteiger charge is 2.12. The third kappa shape index (κ3) is 4.22. The number of hydrogen-bond donors (Lipinski definition) is 2. The number of carbonyl (C=O) groups is 2. The monoisotopic (exact) mass is 242 g/mol. The summed E-state index contributed by atoms with van der Waals surface area (Å²) in [7, 11) is 0. The van der Waals surface area contributed by atoms with Crippen LogP contribution in [0.1, 0.15) is 12.6 Å². The molecule has 0 spiro atoms. The number of alkyl halides is 1. The van der Waals surface area contributed by atoms with Crippen molar-refractivity contribution in [3.05, 3.63) is 24.3 Å². The molecule has 1 atom stereocenters. The Labute approximate surface area is 97.4 Å². The third-order valence-corrected chi connectivity index (χ3v) is 1.87. The summed E-state index contributed by atoms with van der Waals surface area (Å²) in [5.74, 6) is -0.540. The second-order valence-electron chi connectivity index (χ2n) is 2.99. The van der Waals surface area contributed by atoms with Crippen molar-refractivity contribution in [3.8, 4) is 0 Å². The average molecular weight is 243 g/mol. The Hall–Kier alpha value is -1.69. The van der Waals surface area contributed by atoms with Crippen molar-refractivity contribution >= 4 is 23.5 Å². The van der Waals surface area contributed by atoms with Crippen LogP contribution in [0.2, 0.25) is 0 Å². The number of nitrogens with zero attached hydrogens (tertiary/aromatic N) is 2. The van der Waals surface area contributed by atoms with Gasteiger partial charge in [0.05, 0.1) is 12.2 Å². The van der Waals surface area contributed by atoms with Crippen LogP contribution in [0, 0.1) is 0 Å². The smallest absolute Gasteiger partial charge is 0.321 e. The van der Waals surface area contributed by atoms with Gasteiger partial charge in [-0.05, 0) is 13.0 Å². The molecule has 0 aliphatic rings. The Kier molecular flexibility index (Phi) is 4.65. The zero-order chi connectivity index (χ0) is 12.0. The molecule has 2 N–H and O–H groups in total. The maximum absolute atomic E-state index is 11.2. The molecule has 86 valence electrons. The van der Waals surface area contributed by atoms with Crippen LogP contribution in [0.15, 0.2) is 18.6 Å². The highest BCUT2D eigenvalue weighted by molar-refractivity contribution is 6.31. The molecule has 0 fully saturated rings. The summed E-state index contributed by atoms with van der Waals surface area (Å²) in [6, 6.07) is 1.06. The van der Waals surface area contributed by atoms with Gasteiger partial charge in [-0.1, -0.05) is 0 Å². The molecule has 1 unspecified atom stereocenters. The van der Waals surface area contributed by atoms with Crippen molar-refractivity contribution in [1.29, 1.82) is 0 Å². The number of urea groups is 1. The highest BCUT2D eigenvalue weighted by atomic mass is 35.5. The van der Waals surface area contributed by atoms with Gasteiger partial charge in [-0.15, -0.1) is 11.6 Å². The summed E-state index contributed by atoms with van der Waals surface area (Å²) in [6.07, 6.45) is 2.94. The Morgan fingerprint density at radius 2 is 2.31 bits per heavy atom. The van der Waals surface area contributed by atoms with E-state index in [2.05, 4.69) is 20.6 Å². The second-order valence-corrected chi connectivity index (χ2v) is 3.64. The van der Waals surface area contributed by atoms with E-state index in [4.69, 9.17) is 11.6 Å². The van der Waals surface area contributed by atoms with Gasteiger partial charge in [0, 0.05) is 6.20 Å². The first kappa shape index (κ1) is 12.4. The molecule has 0 bridgehead atoms. The number of carbonyl (C=O) groups excluding carboxylic acids is 2. The SMILES string of the molecule is CC(Cl)C(=O)NC(=O)NCc1ccncn1. The van der Waals surface area contributed by atoms with Gasteiger partial charge in [0.1, 0.15) is 11.7 Å². The van der Waals surface area contributed by atoms with Gasteiger partial charge in [0.25, 0.3) is 0 Å². The Bertz CT molecular complexity index is 369. The summed E-state index contributed by atoms with van der Waals surface area (Å²) in [6.45, 7) is 1.70. The Morgan fingerprint density at radius 1 is 1.56 bits per heavy atom. The van der Waals surface area contributed by atoms with E-state index < -0.39 is 17.3 Å². The molecule has 0 aliphatic heterocycles. The molecule has 0 saturated heterocycles. The summed E-state index contributed by atoms with van der Waals surface area (Å²) < 4.78 is 0. The lowest BCUT2D eigenvalue weighted by atomic mass is 10.4. The maximum atomic E-state index is 11.2. The van der Waals surface area contributed by atoms with Crippen LogP contribution in [0.5, 0.6) is 0 Å². The average Bonchev–Trinajstić information content (AvgIpc) is 2.27. The molecule has 7 heteroatoms. The van der Waals surface area contributed by atoms with Gasteiger partial charge in [-0.2, -0.15) is 0 Å². The van der Waals surface area contributed by atoms with Crippen LogP contribution >= 0.6 is 11.6 Å². The molecule has 1 aromatic rings. The first-order valence-corrected chi connectivity index (χ1v) is 5.01. The van der Waals surface area contributed by atoms with E-state index >= 15 is 0 Å². The summed E-state index contributed by atoms with van der Waals surface area (Å²) in [5.41, 5.74) is 0.650. The number of nitrogens with one attached hydrogen (secondary N) is 2. The summed E-state index contributed by atoms with van der Waals surface area (Å²) >= 11 is 5.48. The lowest BCUT2D eigenvalue weighted by molar-refractivity contribution is -0.119. The fraction of sp³-hybridized carbons (Fsp3) is 0.333.